The number of benzene rings is 2. The third kappa shape index (κ3) is 2.17. The number of aromatic nitrogens is 1. The highest BCUT2D eigenvalue weighted by atomic mass is 16.1. The summed E-state index contributed by atoms with van der Waals surface area (Å²) in [7, 11) is 1.81. The van der Waals surface area contributed by atoms with Gasteiger partial charge in [-0.2, -0.15) is 0 Å². The van der Waals surface area contributed by atoms with Crippen LogP contribution in [0.2, 0.25) is 0 Å². The molecule has 0 unspecified atom stereocenters. The predicted molar refractivity (Wildman–Crippen MR) is 78.4 cm³/mol. The maximum absolute atomic E-state index is 12.1. The molecule has 2 heteroatoms. The Hall–Kier alpha value is -2.35. The molecule has 0 N–H and O–H groups in total. The molecule has 0 radical (unpaired) electrons. The Bertz CT molecular complexity index is 772. The molecule has 1 heterocycles. The van der Waals surface area contributed by atoms with Crippen LogP contribution in [0.4, 0.5) is 0 Å². The van der Waals surface area contributed by atoms with Crippen LogP contribution in [0.5, 0.6) is 0 Å². The summed E-state index contributed by atoms with van der Waals surface area (Å²) in [5, 5.41) is 1.84. The van der Waals surface area contributed by atoms with E-state index < -0.39 is 0 Å². The molecule has 1 aromatic heterocycles. The van der Waals surface area contributed by atoms with Gasteiger partial charge in [0.05, 0.1) is 0 Å². The number of hydrogen-bond donors (Lipinski definition) is 0. The number of pyridine rings is 1. The molecule has 0 fully saturated rings. The first-order valence-corrected chi connectivity index (χ1v) is 6.37. The van der Waals surface area contributed by atoms with Gasteiger partial charge in [-0.05, 0) is 29.0 Å². The second-order valence-corrected chi connectivity index (χ2v) is 4.78. The summed E-state index contributed by atoms with van der Waals surface area (Å²) in [6.45, 7) is 0. The molecule has 0 aliphatic rings. The Kier molecular flexibility index (Phi) is 2.92. The van der Waals surface area contributed by atoms with Crippen molar-refractivity contribution in [2.24, 2.45) is 7.05 Å². The summed E-state index contributed by atoms with van der Waals surface area (Å²) in [6.07, 6.45) is 2.78. The summed E-state index contributed by atoms with van der Waals surface area (Å²) >= 11 is 0. The van der Waals surface area contributed by atoms with E-state index in [9.17, 15) is 4.79 Å². The summed E-state index contributed by atoms with van der Waals surface area (Å²) in [4.78, 5) is 12.1. The minimum atomic E-state index is 0.0624. The Balaban J connectivity index is 2.19. The van der Waals surface area contributed by atoms with E-state index in [1.807, 2.05) is 55.7 Å². The number of aryl methyl sites for hydroxylation is 1. The third-order valence-corrected chi connectivity index (χ3v) is 3.41. The molecule has 94 valence electrons. The first-order valence-electron chi connectivity index (χ1n) is 6.37. The van der Waals surface area contributed by atoms with Crippen LogP contribution in [-0.2, 0) is 13.5 Å². The van der Waals surface area contributed by atoms with Gasteiger partial charge in [-0.3, -0.25) is 4.79 Å². The zero-order valence-electron chi connectivity index (χ0n) is 10.8. The van der Waals surface area contributed by atoms with Crippen LogP contribution in [0.3, 0.4) is 0 Å². The van der Waals surface area contributed by atoms with Crippen LogP contribution in [-0.4, -0.2) is 4.57 Å². The van der Waals surface area contributed by atoms with Crippen LogP contribution >= 0.6 is 0 Å². The molecule has 0 bridgehead atoms. The third-order valence-electron chi connectivity index (χ3n) is 3.41. The van der Waals surface area contributed by atoms with Crippen LogP contribution in [0.1, 0.15) is 11.1 Å². The van der Waals surface area contributed by atoms with Crippen molar-refractivity contribution >= 4 is 10.8 Å². The fourth-order valence-corrected chi connectivity index (χ4v) is 2.46. The number of fused-ring (bicyclic) bond motifs is 1. The van der Waals surface area contributed by atoms with Crippen LogP contribution in [0.15, 0.2) is 65.6 Å². The Labute approximate surface area is 111 Å². The molecular weight excluding hydrogens is 234 g/mol. The Morgan fingerprint density at radius 3 is 2.26 bits per heavy atom. The van der Waals surface area contributed by atoms with Gasteiger partial charge in [-0.15, -0.1) is 0 Å². The van der Waals surface area contributed by atoms with E-state index in [2.05, 4.69) is 12.1 Å². The first kappa shape index (κ1) is 11.7. The van der Waals surface area contributed by atoms with Crippen molar-refractivity contribution in [2.45, 2.75) is 6.42 Å². The molecular formula is C17H15NO. The highest BCUT2D eigenvalue weighted by Gasteiger charge is 2.06. The lowest BCUT2D eigenvalue weighted by molar-refractivity contribution is 0.860. The molecule has 0 amide bonds. The van der Waals surface area contributed by atoms with E-state index in [-0.39, 0.29) is 5.56 Å². The zero-order valence-corrected chi connectivity index (χ0v) is 10.8. The smallest absolute Gasteiger partial charge is 0.258 e. The fourth-order valence-electron chi connectivity index (χ4n) is 2.46. The lowest BCUT2D eigenvalue weighted by Crippen LogP contribution is -2.17. The van der Waals surface area contributed by atoms with Crippen molar-refractivity contribution in [3.8, 4) is 0 Å². The molecule has 0 aliphatic carbocycles. The van der Waals surface area contributed by atoms with Crippen molar-refractivity contribution in [1.82, 2.24) is 4.57 Å². The van der Waals surface area contributed by atoms with Gasteiger partial charge in [0.15, 0.2) is 0 Å². The summed E-state index contributed by atoms with van der Waals surface area (Å²) in [5.74, 6) is 0. The minimum absolute atomic E-state index is 0.0624. The summed E-state index contributed by atoms with van der Waals surface area (Å²) in [5.41, 5.74) is 2.50. The van der Waals surface area contributed by atoms with E-state index >= 15 is 0 Å². The van der Waals surface area contributed by atoms with Crippen molar-refractivity contribution in [3.05, 3.63) is 82.3 Å². The maximum atomic E-state index is 12.1. The maximum Gasteiger partial charge on any atom is 0.258 e. The quantitative estimate of drug-likeness (QED) is 0.684. The van der Waals surface area contributed by atoms with Gasteiger partial charge >= 0.3 is 0 Å². The van der Waals surface area contributed by atoms with Crippen LogP contribution in [0, 0.1) is 0 Å². The predicted octanol–water partition coefficient (Wildman–Crippen LogP) is 3.13. The van der Waals surface area contributed by atoms with Crippen LogP contribution < -0.4 is 5.56 Å². The van der Waals surface area contributed by atoms with Gasteiger partial charge in [-0.1, -0.05) is 48.5 Å². The monoisotopic (exact) mass is 249 g/mol. The highest BCUT2D eigenvalue weighted by Crippen LogP contribution is 2.18. The zero-order chi connectivity index (χ0) is 13.2. The second kappa shape index (κ2) is 4.73. The van der Waals surface area contributed by atoms with E-state index in [4.69, 9.17) is 0 Å². The van der Waals surface area contributed by atoms with Crippen molar-refractivity contribution in [1.29, 1.82) is 0 Å². The highest BCUT2D eigenvalue weighted by molar-refractivity contribution is 5.84. The first-order chi connectivity index (χ1) is 9.25. The molecule has 2 aromatic carbocycles. The largest absolute Gasteiger partial charge is 0.318 e. The molecule has 0 atom stereocenters. The summed E-state index contributed by atoms with van der Waals surface area (Å²) < 4.78 is 1.67. The van der Waals surface area contributed by atoms with Gasteiger partial charge in [0.2, 0.25) is 0 Å². The average molecular weight is 249 g/mol. The van der Waals surface area contributed by atoms with E-state index in [1.54, 1.807) is 4.57 Å². The average Bonchev–Trinajstić information content (AvgIpc) is 2.46. The molecule has 19 heavy (non-hydrogen) atoms. The Morgan fingerprint density at radius 1 is 0.895 bits per heavy atom. The van der Waals surface area contributed by atoms with Crippen molar-refractivity contribution in [2.75, 3.05) is 0 Å². The molecule has 0 spiro atoms. The lowest BCUT2D eigenvalue weighted by Gasteiger charge is -2.09. The number of rotatable bonds is 2. The van der Waals surface area contributed by atoms with E-state index in [1.165, 1.54) is 11.1 Å². The molecule has 3 aromatic rings. The van der Waals surface area contributed by atoms with Gasteiger partial charge in [-0.25, -0.2) is 0 Å². The van der Waals surface area contributed by atoms with Gasteiger partial charge in [0.25, 0.3) is 5.56 Å². The van der Waals surface area contributed by atoms with Crippen molar-refractivity contribution in [3.63, 3.8) is 0 Å². The number of nitrogens with zero attached hydrogens (tertiary/aromatic N) is 1. The second-order valence-electron chi connectivity index (χ2n) is 4.78. The number of hydrogen-bond acceptors (Lipinski definition) is 1. The van der Waals surface area contributed by atoms with E-state index in [0.717, 1.165) is 17.2 Å². The molecule has 0 saturated heterocycles. The standard InChI is InChI=1S/C17H15NO/c1-18-12-14(11-13-7-3-2-4-8-13)15-9-5-6-10-16(15)17(18)19/h2-10,12H,11H2,1H3. The Morgan fingerprint density at radius 2 is 1.53 bits per heavy atom. The van der Waals surface area contributed by atoms with Gasteiger partial charge in [0, 0.05) is 18.6 Å². The molecule has 3 rings (SSSR count). The normalized spacial score (nSPS) is 10.8. The van der Waals surface area contributed by atoms with Crippen LogP contribution in [0.25, 0.3) is 10.8 Å². The summed E-state index contributed by atoms with van der Waals surface area (Å²) in [6, 6.07) is 18.1. The van der Waals surface area contributed by atoms with Crippen molar-refractivity contribution < 1.29 is 0 Å². The van der Waals surface area contributed by atoms with Gasteiger partial charge in [0.1, 0.15) is 0 Å². The molecule has 2 nitrogen and oxygen atoms in total. The van der Waals surface area contributed by atoms with E-state index in [0.29, 0.717) is 0 Å². The minimum Gasteiger partial charge on any atom is -0.318 e. The fraction of sp³-hybridized carbons (Fsp3) is 0.118. The lowest BCUT2D eigenvalue weighted by atomic mass is 10.0. The van der Waals surface area contributed by atoms with Gasteiger partial charge < -0.3 is 4.57 Å². The topological polar surface area (TPSA) is 22.0 Å². The molecule has 0 aliphatic heterocycles. The molecule has 0 saturated carbocycles. The SMILES string of the molecule is Cn1cc(Cc2ccccc2)c2ccccc2c1=O.